The molecule has 0 saturated heterocycles. The summed E-state index contributed by atoms with van der Waals surface area (Å²) >= 11 is 6.34. The summed E-state index contributed by atoms with van der Waals surface area (Å²) in [5.74, 6) is -0.440. The van der Waals surface area contributed by atoms with Gasteiger partial charge in [-0.15, -0.1) is 0 Å². The Hall–Kier alpha value is -2.67. The summed E-state index contributed by atoms with van der Waals surface area (Å²) in [4.78, 5) is 10.7. The number of fused-ring (bicyclic) bond motifs is 1. The number of aliphatic carboxylic acids is 1. The van der Waals surface area contributed by atoms with Crippen LogP contribution in [0.4, 0.5) is 0 Å². The lowest BCUT2D eigenvalue weighted by molar-refractivity contribution is -0.136. The summed E-state index contributed by atoms with van der Waals surface area (Å²) in [5.41, 5.74) is 1.77. The smallest absolute Gasteiger partial charge is 0.303 e. The second-order valence-corrected chi connectivity index (χ2v) is 5.87. The average Bonchev–Trinajstić information content (AvgIpc) is 3.00. The van der Waals surface area contributed by atoms with Crippen LogP contribution in [0.1, 0.15) is 37.3 Å². The van der Waals surface area contributed by atoms with Gasteiger partial charge in [0.15, 0.2) is 5.58 Å². The van der Waals surface area contributed by atoms with Gasteiger partial charge in [0.1, 0.15) is 17.5 Å². The number of nitrogens with zero attached hydrogens (tertiary/aromatic N) is 3. The van der Waals surface area contributed by atoms with Gasteiger partial charge < -0.3 is 14.4 Å². The Kier molecular flexibility index (Phi) is 5.14. The van der Waals surface area contributed by atoms with Crippen LogP contribution < -0.4 is 4.74 Å². The fraction of sp³-hybridized carbons (Fsp3) is 0.294. The van der Waals surface area contributed by atoms with Gasteiger partial charge in [-0.2, -0.15) is 10.2 Å². The zero-order valence-electron chi connectivity index (χ0n) is 13.5. The van der Waals surface area contributed by atoms with E-state index in [-0.39, 0.29) is 18.9 Å². The average molecular weight is 362 g/mol. The molecule has 130 valence electrons. The molecule has 2 aromatic heterocycles. The van der Waals surface area contributed by atoms with Crippen molar-refractivity contribution >= 4 is 28.5 Å². The molecule has 3 aromatic rings. The van der Waals surface area contributed by atoms with Crippen molar-refractivity contribution in [2.45, 2.75) is 32.3 Å². The van der Waals surface area contributed by atoms with Gasteiger partial charge in [0.05, 0.1) is 17.1 Å². The zero-order chi connectivity index (χ0) is 17.8. The van der Waals surface area contributed by atoms with Gasteiger partial charge in [0.2, 0.25) is 0 Å². The van der Waals surface area contributed by atoms with Crippen LogP contribution in [0.2, 0.25) is 5.02 Å². The van der Waals surface area contributed by atoms with Gasteiger partial charge in [0, 0.05) is 24.1 Å². The molecule has 0 aliphatic carbocycles. The predicted octanol–water partition coefficient (Wildman–Crippen LogP) is 3.82. The molecule has 0 unspecified atom stereocenters. The summed E-state index contributed by atoms with van der Waals surface area (Å²) in [6.07, 6.45) is 2.24. The Morgan fingerprint density at radius 3 is 2.96 bits per heavy atom. The number of rotatable bonds is 7. The molecule has 7 nitrogen and oxygen atoms in total. The second-order valence-electron chi connectivity index (χ2n) is 5.47. The minimum atomic E-state index is -0.892. The van der Waals surface area contributed by atoms with Crippen LogP contribution in [-0.4, -0.2) is 26.4 Å². The van der Waals surface area contributed by atoms with Crippen molar-refractivity contribution in [1.82, 2.24) is 15.4 Å². The zero-order valence-corrected chi connectivity index (χ0v) is 14.2. The van der Waals surface area contributed by atoms with Crippen molar-refractivity contribution in [3.63, 3.8) is 0 Å². The van der Waals surface area contributed by atoms with Crippen LogP contribution >= 0.6 is 11.6 Å². The molecule has 1 atom stereocenters. The maximum absolute atomic E-state index is 10.7. The van der Waals surface area contributed by atoms with E-state index in [2.05, 4.69) is 15.4 Å². The van der Waals surface area contributed by atoms with Crippen molar-refractivity contribution in [3.05, 3.63) is 46.9 Å². The van der Waals surface area contributed by atoms with Crippen molar-refractivity contribution in [2.75, 3.05) is 0 Å². The Labute approximate surface area is 148 Å². The molecule has 0 fully saturated rings. The molecule has 0 bridgehead atoms. The molecule has 1 aromatic carbocycles. The van der Waals surface area contributed by atoms with E-state index in [1.165, 1.54) is 0 Å². The van der Waals surface area contributed by atoms with Gasteiger partial charge in [-0.25, -0.2) is 0 Å². The molecule has 0 aliphatic rings. The molecule has 8 heteroatoms. The molecule has 0 spiro atoms. The minimum Gasteiger partial charge on any atom is -0.482 e. The summed E-state index contributed by atoms with van der Waals surface area (Å²) in [6, 6.07) is 6.98. The van der Waals surface area contributed by atoms with E-state index in [4.69, 9.17) is 26.0 Å². The van der Waals surface area contributed by atoms with Crippen LogP contribution in [-0.2, 0) is 11.2 Å². The van der Waals surface area contributed by atoms with E-state index in [0.717, 1.165) is 0 Å². The summed E-state index contributed by atoms with van der Waals surface area (Å²) in [5, 5.41) is 21.8. The van der Waals surface area contributed by atoms with Gasteiger partial charge in [-0.3, -0.25) is 4.79 Å². The first-order chi connectivity index (χ1) is 12.1. The Morgan fingerprint density at radius 2 is 2.28 bits per heavy atom. The third-order valence-corrected chi connectivity index (χ3v) is 4.03. The monoisotopic (exact) mass is 361 g/mol. The Bertz CT molecular complexity index is 882. The first-order valence-corrected chi connectivity index (χ1v) is 8.20. The van der Waals surface area contributed by atoms with Crippen LogP contribution in [0.3, 0.4) is 0 Å². The van der Waals surface area contributed by atoms with Crippen LogP contribution in [0.25, 0.3) is 11.0 Å². The van der Waals surface area contributed by atoms with E-state index in [9.17, 15) is 4.79 Å². The van der Waals surface area contributed by atoms with E-state index < -0.39 is 5.97 Å². The lowest BCUT2D eigenvalue weighted by Crippen LogP contribution is -2.09. The molecular formula is C17H16ClN3O4. The fourth-order valence-electron chi connectivity index (χ4n) is 2.48. The maximum Gasteiger partial charge on any atom is 0.303 e. The molecule has 0 radical (unpaired) electrons. The number of aromatic nitrogens is 3. The number of ether oxygens (including phenoxy) is 1. The minimum absolute atomic E-state index is 0.0257. The molecule has 3 rings (SSSR count). The summed E-state index contributed by atoms with van der Waals surface area (Å²) < 4.78 is 11.3. The van der Waals surface area contributed by atoms with Crippen molar-refractivity contribution in [2.24, 2.45) is 0 Å². The maximum atomic E-state index is 10.7. The molecule has 1 N–H and O–H groups in total. The summed E-state index contributed by atoms with van der Waals surface area (Å²) in [7, 11) is 0. The van der Waals surface area contributed by atoms with Gasteiger partial charge >= 0.3 is 5.97 Å². The quantitative estimate of drug-likeness (QED) is 0.682. The highest BCUT2D eigenvalue weighted by Crippen LogP contribution is 2.35. The fourth-order valence-corrected chi connectivity index (χ4v) is 2.68. The third-order valence-electron chi connectivity index (χ3n) is 3.74. The van der Waals surface area contributed by atoms with Gasteiger partial charge in [-0.05, 0) is 24.6 Å². The van der Waals surface area contributed by atoms with Gasteiger partial charge in [0.25, 0.3) is 0 Å². The standard InChI is InChI=1S/C17H16ClN3O4/c1-2-14(13-4-3-7-19-20-13)24-16-9-15-10(8-11(16)18)12(21-25-15)5-6-17(22)23/h3-4,7-9,14H,2,5-6H2,1H3,(H,22,23)/t14-/m0/s1. The summed E-state index contributed by atoms with van der Waals surface area (Å²) in [6.45, 7) is 1.98. The number of carboxylic acids is 1. The topological polar surface area (TPSA) is 98.3 Å². The van der Waals surface area contributed by atoms with Crippen molar-refractivity contribution in [3.8, 4) is 5.75 Å². The van der Waals surface area contributed by atoms with E-state index in [1.54, 1.807) is 24.4 Å². The van der Waals surface area contributed by atoms with Gasteiger partial charge in [-0.1, -0.05) is 23.7 Å². The lowest BCUT2D eigenvalue weighted by atomic mass is 10.1. The third kappa shape index (κ3) is 3.88. The predicted molar refractivity (Wildman–Crippen MR) is 90.7 cm³/mol. The van der Waals surface area contributed by atoms with Crippen molar-refractivity contribution in [1.29, 1.82) is 0 Å². The van der Waals surface area contributed by atoms with E-state index >= 15 is 0 Å². The number of hydrogen-bond acceptors (Lipinski definition) is 6. The Balaban J connectivity index is 1.87. The largest absolute Gasteiger partial charge is 0.482 e. The molecule has 25 heavy (non-hydrogen) atoms. The second kappa shape index (κ2) is 7.48. The Morgan fingerprint density at radius 1 is 1.44 bits per heavy atom. The molecule has 0 aliphatic heterocycles. The van der Waals surface area contributed by atoms with E-state index in [0.29, 0.717) is 39.6 Å². The first kappa shape index (κ1) is 17.2. The molecule has 0 saturated carbocycles. The van der Waals surface area contributed by atoms with Crippen LogP contribution in [0, 0.1) is 0 Å². The van der Waals surface area contributed by atoms with Crippen molar-refractivity contribution < 1.29 is 19.2 Å². The number of carboxylic acid groups (broad SMARTS) is 1. The highest BCUT2D eigenvalue weighted by atomic mass is 35.5. The molecule has 0 amide bonds. The number of aryl methyl sites for hydroxylation is 1. The molecular weight excluding hydrogens is 346 g/mol. The first-order valence-electron chi connectivity index (χ1n) is 7.82. The number of hydrogen-bond donors (Lipinski definition) is 1. The highest BCUT2D eigenvalue weighted by Gasteiger charge is 2.18. The van der Waals surface area contributed by atoms with Crippen LogP contribution in [0.15, 0.2) is 35.0 Å². The number of benzene rings is 1. The number of halogens is 1. The SMILES string of the molecule is CC[C@H](Oc1cc2onc(CCC(=O)O)c2cc1Cl)c1cccnn1. The lowest BCUT2D eigenvalue weighted by Gasteiger charge is -2.17. The number of carbonyl (C=O) groups is 1. The van der Waals surface area contributed by atoms with E-state index in [1.807, 2.05) is 13.0 Å². The highest BCUT2D eigenvalue weighted by molar-refractivity contribution is 6.32. The normalized spacial score (nSPS) is 12.2. The van der Waals surface area contributed by atoms with Crippen LogP contribution in [0.5, 0.6) is 5.75 Å². The molecule has 2 heterocycles.